The van der Waals surface area contributed by atoms with Crippen molar-refractivity contribution in [2.75, 3.05) is 52.7 Å². The molecule has 2 aliphatic rings. The third kappa shape index (κ3) is 9.59. The minimum Gasteiger partial charge on any atom is -0.465 e. The fraction of sp³-hybridized carbons (Fsp3) is 0.588. The van der Waals surface area contributed by atoms with Gasteiger partial charge in [0, 0.05) is 45.3 Å². The maximum Gasteiger partial charge on any atom is 0.407 e. The average Bonchev–Trinajstić information content (AvgIpc) is 3.65. The Morgan fingerprint density at radius 1 is 1.08 bits per heavy atom. The van der Waals surface area contributed by atoms with Crippen LogP contribution in [0.4, 0.5) is 15.3 Å². The molecule has 2 heterocycles. The summed E-state index contributed by atoms with van der Waals surface area (Å²) in [6.45, 7) is 4.68. The zero-order valence-corrected chi connectivity index (χ0v) is 29.1. The van der Waals surface area contributed by atoms with Gasteiger partial charge in [0.05, 0.1) is 36.3 Å². The number of ether oxygens (including phenoxy) is 2. The first-order chi connectivity index (χ1) is 22.7. The second-order valence-corrected chi connectivity index (χ2v) is 15.7. The standard InChI is InChI=1S/C34H51N5O8S/c1-34(2,16-8-9-17-36-32(41)37(3)4)23-38(48(44,45)26-14-10-13-25(35)20-26)21-30(40)28(19-24-11-6-5-7-12-24)39(33(42)43)29-22-47-31-27(29)15-18-46-31/h5-7,10-14,20,27-31,40H,8-9,15-19,21-23,35H2,1-4H3,(H,36,41)(H,42,43)/t27-,28-,29-,30+,31+/m0/s1. The highest BCUT2D eigenvalue weighted by molar-refractivity contribution is 7.89. The molecule has 5 N–H and O–H groups in total. The first-order valence-electron chi connectivity index (χ1n) is 16.5. The van der Waals surface area contributed by atoms with E-state index in [-0.39, 0.29) is 48.6 Å². The number of urea groups is 1. The normalized spacial score (nSPS) is 20.7. The van der Waals surface area contributed by atoms with Crippen LogP contribution in [-0.4, -0.2) is 116 Å². The molecule has 0 aromatic heterocycles. The minimum atomic E-state index is -4.17. The van der Waals surface area contributed by atoms with E-state index in [0.29, 0.717) is 32.4 Å². The van der Waals surface area contributed by atoms with Gasteiger partial charge in [-0.15, -0.1) is 0 Å². The summed E-state index contributed by atoms with van der Waals surface area (Å²) in [4.78, 5) is 27.6. The van der Waals surface area contributed by atoms with E-state index >= 15 is 0 Å². The quantitative estimate of drug-likeness (QED) is 0.152. The lowest BCUT2D eigenvalue weighted by Gasteiger charge is -2.40. The molecule has 5 atom stereocenters. The zero-order valence-electron chi connectivity index (χ0n) is 28.3. The Morgan fingerprint density at radius 2 is 1.81 bits per heavy atom. The molecule has 0 aliphatic carbocycles. The van der Waals surface area contributed by atoms with Crippen LogP contribution < -0.4 is 11.1 Å². The van der Waals surface area contributed by atoms with Crippen molar-refractivity contribution < 1.29 is 37.7 Å². The van der Waals surface area contributed by atoms with Crippen LogP contribution in [0.3, 0.4) is 0 Å². The topological polar surface area (TPSA) is 175 Å². The zero-order chi connectivity index (χ0) is 35.1. The summed E-state index contributed by atoms with van der Waals surface area (Å²) in [5.41, 5.74) is 6.53. The van der Waals surface area contributed by atoms with E-state index in [2.05, 4.69) is 5.32 Å². The van der Waals surface area contributed by atoms with Crippen molar-refractivity contribution in [1.29, 1.82) is 0 Å². The Balaban J connectivity index is 1.62. The maximum atomic E-state index is 14.2. The lowest BCUT2D eigenvalue weighted by atomic mass is 9.87. The molecule has 48 heavy (non-hydrogen) atoms. The van der Waals surface area contributed by atoms with Crippen LogP contribution in [0, 0.1) is 11.3 Å². The molecule has 2 aromatic carbocycles. The molecule has 2 saturated heterocycles. The van der Waals surface area contributed by atoms with Crippen LogP contribution in [0.5, 0.6) is 0 Å². The van der Waals surface area contributed by atoms with Crippen molar-refractivity contribution in [3.63, 3.8) is 0 Å². The van der Waals surface area contributed by atoms with Crippen LogP contribution in [0.1, 0.15) is 45.1 Å². The van der Waals surface area contributed by atoms with E-state index < -0.39 is 46.0 Å². The third-order valence-corrected chi connectivity index (χ3v) is 10.9. The number of nitrogens with zero attached hydrogens (tertiary/aromatic N) is 3. The number of hydrogen-bond acceptors (Lipinski definition) is 8. The van der Waals surface area contributed by atoms with E-state index in [1.54, 1.807) is 26.2 Å². The number of nitrogen functional groups attached to an aromatic ring is 1. The van der Waals surface area contributed by atoms with E-state index in [9.17, 15) is 28.2 Å². The molecule has 3 amide bonds. The number of nitrogens with two attached hydrogens (primary N) is 1. The molecule has 0 spiro atoms. The Hall–Kier alpha value is -3.43. The molecule has 266 valence electrons. The van der Waals surface area contributed by atoms with Gasteiger partial charge in [0.25, 0.3) is 0 Å². The highest BCUT2D eigenvalue weighted by Crippen LogP contribution is 2.36. The van der Waals surface area contributed by atoms with E-state index in [1.807, 2.05) is 44.2 Å². The number of carboxylic acid groups (broad SMARTS) is 1. The Morgan fingerprint density at radius 3 is 2.48 bits per heavy atom. The molecule has 0 saturated carbocycles. The fourth-order valence-corrected chi connectivity index (χ4v) is 8.28. The first kappa shape index (κ1) is 37.4. The number of unbranched alkanes of at least 4 members (excludes halogenated alkanes) is 1. The number of carbonyl (C=O) groups excluding carboxylic acids is 1. The van der Waals surface area contributed by atoms with Crippen LogP contribution in [0.15, 0.2) is 59.5 Å². The van der Waals surface area contributed by atoms with Gasteiger partial charge in [0.2, 0.25) is 10.0 Å². The minimum absolute atomic E-state index is 0.0123. The molecular weight excluding hydrogens is 638 g/mol. The van der Waals surface area contributed by atoms with Gasteiger partial charge < -0.3 is 35.6 Å². The van der Waals surface area contributed by atoms with E-state index in [4.69, 9.17) is 15.2 Å². The molecular formula is C34H51N5O8S. The van der Waals surface area contributed by atoms with Gasteiger partial charge in [-0.1, -0.05) is 56.7 Å². The summed E-state index contributed by atoms with van der Waals surface area (Å²) in [6, 6.07) is 13.5. The second-order valence-electron chi connectivity index (χ2n) is 13.7. The fourth-order valence-electron chi connectivity index (χ4n) is 6.57. The number of amides is 3. The molecule has 14 heteroatoms. The molecule has 2 aromatic rings. The van der Waals surface area contributed by atoms with Crippen molar-refractivity contribution in [2.24, 2.45) is 11.3 Å². The number of nitrogens with one attached hydrogen (secondary N) is 1. The molecule has 2 fully saturated rings. The summed E-state index contributed by atoms with van der Waals surface area (Å²) in [5.74, 6) is -0.194. The first-order valence-corrected chi connectivity index (χ1v) is 17.9. The summed E-state index contributed by atoms with van der Waals surface area (Å²) < 4.78 is 41.2. The van der Waals surface area contributed by atoms with Gasteiger partial charge >= 0.3 is 12.1 Å². The van der Waals surface area contributed by atoms with E-state index in [1.165, 1.54) is 26.2 Å². The molecule has 0 unspecified atom stereocenters. The average molecular weight is 690 g/mol. The number of sulfonamides is 1. The van der Waals surface area contributed by atoms with Gasteiger partial charge in [-0.3, -0.25) is 4.90 Å². The van der Waals surface area contributed by atoms with Crippen LogP contribution in [0.25, 0.3) is 0 Å². The van der Waals surface area contributed by atoms with Gasteiger partial charge in [0.15, 0.2) is 6.29 Å². The van der Waals surface area contributed by atoms with Crippen LogP contribution >= 0.6 is 0 Å². The lowest BCUT2D eigenvalue weighted by Crippen LogP contribution is -2.58. The number of benzene rings is 2. The van der Waals surface area contributed by atoms with Gasteiger partial charge in [-0.05, 0) is 54.9 Å². The second kappa shape index (κ2) is 16.3. The molecule has 2 aliphatic heterocycles. The van der Waals surface area contributed by atoms with Crippen molar-refractivity contribution in [3.05, 3.63) is 60.2 Å². The van der Waals surface area contributed by atoms with Crippen molar-refractivity contribution in [2.45, 2.75) is 75.3 Å². The van der Waals surface area contributed by atoms with Crippen molar-refractivity contribution in [1.82, 2.24) is 19.4 Å². The molecule has 13 nitrogen and oxygen atoms in total. The number of aliphatic hydroxyl groups excluding tert-OH is 1. The summed E-state index contributed by atoms with van der Waals surface area (Å²) in [5, 5.41) is 25.4. The predicted octanol–water partition coefficient (Wildman–Crippen LogP) is 3.44. The largest absolute Gasteiger partial charge is 0.465 e. The SMILES string of the molecule is CN(C)C(=O)NCCCCC(C)(C)CN(C[C@@H](O)[C@H](Cc1ccccc1)N(C(=O)O)[C@H]1CO[C@H]2OCC[C@H]21)S(=O)(=O)c1cccc(N)c1. The molecule has 0 radical (unpaired) electrons. The smallest absolute Gasteiger partial charge is 0.407 e. The summed E-state index contributed by atoms with van der Waals surface area (Å²) in [7, 11) is -0.832. The van der Waals surface area contributed by atoms with Crippen LogP contribution in [0.2, 0.25) is 0 Å². The Bertz CT molecular complexity index is 1470. The monoisotopic (exact) mass is 689 g/mol. The lowest BCUT2D eigenvalue weighted by molar-refractivity contribution is -0.0906. The third-order valence-electron chi connectivity index (χ3n) is 9.13. The van der Waals surface area contributed by atoms with E-state index in [0.717, 1.165) is 12.0 Å². The van der Waals surface area contributed by atoms with Gasteiger partial charge in [-0.25, -0.2) is 18.0 Å². The predicted molar refractivity (Wildman–Crippen MR) is 182 cm³/mol. The number of anilines is 1. The maximum absolute atomic E-state index is 14.2. The highest BCUT2D eigenvalue weighted by atomic mass is 32.2. The highest BCUT2D eigenvalue weighted by Gasteiger charge is 2.49. The van der Waals surface area contributed by atoms with Crippen molar-refractivity contribution in [3.8, 4) is 0 Å². The van der Waals surface area contributed by atoms with Gasteiger partial charge in [0.1, 0.15) is 0 Å². The molecule has 4 rings (SSSR count). The number of aliphatic hydroxyl groups is 1. The van der Waals surface area contributed by atoms with Crippen molar-refractivity contribution >= 4 is 27.8 Å². The Labute approximate surface area is 284 Å². The number of rotatable bonds is 16. The van der Waals surface area contributed by atoms with Gasteiger partial charge in [-0.2, -0.15) is 4.31 Å². The summed E-state index contributed by atoms with van der Waals surface area (Å²) in [6.07, 6.45) is -0.266. The number of hydrogen-bond donors (Lipinski definition) is 4. The summed E-state index contributed by atoms with van der Waals surface area (Å²) >= 11 is 0. The number of carbonyl (C=O) groups is 2. The van der Waals surface area contributed by atoms with Crippen LogP contribution in [-0.2, 0) is 25.9 Å². The Kier molecular flexibility index (Phi) is 12.7. The molecule has 0 bridgehead atoms. The number of fused-ring (bicyclic) bond motifs is 1.